The van der Waals surface area contributed by atoms with Crippen molar-refractivity contribution in [3.63, 3.8) is 0 Å². The maximum absolute atomic E-state index is 9.75. The number of hydrogen-bond acceptors (Lipinski definition) is 2. The van der Waals surface area contributed by atoms with Gasteiger partial charge in [-0.15, -0.1) is 4.68 Å². The molecule has 164 valence electrons. The largest absolute Gasteiger partial charge is 0.673 e. The molecule has 5 rings (SSSR count). The van der Waals surface area contributed by atoms with E-state index in [1.807, 2.05) is 4.68 Å². The molecule has 0 fully saturated rings. The first-order valence-electron chi connectivity index (χ1n) is 10.2. The second-order valence-electron chi connectivity index (χ2n) is 8.87. The van der Waals surface area contributed by atoms with Gasteiger partial charge in [0, 0.05) is 12.0 Å². The van der Waals surface area contributed by atoms with E-state index >= 15 is 0 Å². The summed E-state index contributed by atoms with van der Waals surface area (Å²) in [6, 6.07) is 17.6. The van der Waals surface area contributed by atoms with Crippen LogP contribution < -0.4 is 4.68 Å². The predicted molar refractivity (Wildman–Crippen MR) is 110 cm³/mol. The van der Waals surface area contributed by atoms with Gasteiger partial charge in [-0.1, -0.05) is 57.2 Å². The van der Waals surface area contributed by atoms with Crippen LogP contribution in [-0.2, 0) is 23.2 Å². The molecule has 0 N–H and O–H groups in total. The second-order valence-corrected chi connectivity index (χ2v) is 8.87. The summed E-state index contributed by atoms with van der Waals surface area (Å²) in [5, 5.41) is 4.80. The van der Waals surface area contributed by atoms with Crippen molar-refractivity contribution in [2.24, 2.45) is 0 Å². The molecule has 2 atom stereocenters. The minimum Gasteiger partial charge on any atom is -0.418 e. The Morgan fingerprint density at radius 1 is 1.03 bits per heavy atom. The lowest BCUT2D eigenvalue weighted by atomic mass is 9.87. The van der Waals surface area contributed by atoms with Crippen molar-refractivity contribution < 1.29 is 26.7 Å². The summed E-state index contributed by atoms with van der Waals surface area (Å²) in [6.45, 7) is 7.28. The van der Waals surface area contributed by atoms with Crippen molar-refractivity contribution in [1.82, 2.24) is 9.67 Å². The molecule has 9 heteroatoms. The lowest BCUT2D eigenvalue weighted by Gasteiger charge is -2.22. The molecule has 1 aromatic heterocycles. The Balaban J connectivity index is 0.000000418. The highest BCUT2D eigenvalue weighted by Crippen LogP contribution is 2.39. The van der Waals surface area contributed by atoms with Crippen molar-refractivity contribution in [2.45, 2.75) is 51.4 Å². The number of nitrogens with zero attached hydrogens (tertiary/aromatic N) is 3. The summed E-state index contributed by atoms with van der Waals surface area (Å²) in [6.07, 6.45) is 3.33. The van der Waals surface area contributed by atoms with Crippen LogP contribution in [0.25, 0.3) is 5.69 Å². The van der Waals surface area contributed by atoms with Crippen LogP contribution in [0.1, 0.15) is 49.3 Å². The molecular formula is C22H24BF4N3O. The number of fused-ring (bicyclic) bond motifs is 5. The molecule has 2 aliphatic rings. The van der Waals surface area contributed by atoms with Gasteiger partial charge in [0.2, 0.25) is 0 Å². The fraction of sp³-hybridized carbons (Fsp3) is 0.364. The Labute approximate surface area is 178 Å². The molecule has 1 aliphatic heterocycles. The van der Waals surface area contributed by atoms with Crippen LogP contribution in [0, 0.1) is 0 Å². The highest BCUT2D eigenvalue weighted by molar-refractivity contribution is 6.50. The molecule has 0 bridgehead atoms. The summed E-state index contributed by atoms with van der Waals surface area (Å²) >= 11 is 0. The minimum atomic E-state index is -6.00. The zero-order valence-electron chi connectivity index (χ0n) is 17.6. The Hall–Kier alpha value is -2.68. The summed E-state index contributed by atoms with van der Waals surface area (Å²) in [4.78, 5) is 0. The van der Waals surface area contributed by atoms with E-state index in [0.717, 1.165) is 17.9 Å². The molecule has 3 aromatic rings. The average Bonchev–Trinajstić information content (AvgIpc) is 3.27. The smallest absolute Gasteiger partial charge is 0.418 e. The average molecular weight is 433 g/mol. The Bertz CT molecular complexity index is 1070. The highest BCUT2D eigenvalue weighted by atomic mass is 19.5. The van der Waals surface area contributed by atoms with Crippen LogP contribution in [0.5, 0.6) is 0 Å². The maximum atomic E-state index is 9.75. The van der Waals surface area contributed by atoms with Crippen LogP contribution in [0.2, 0.25) is 0 Å². The van der Waals surface area contributed by atoms with Gasteiger partial charge in [-0.25, -0.2) is 4.57 Å². The monoisotopic (exact) mass is 433 g/mol. The lowest BCUT2D eigenvalue weighted by molar-refractivity contribution is -0.657. The zero-order chi connectivity index (χ0) is 22.4. The molecule has 0 amide bonds. The van der Waals surface area contributed by atoms with Gasteiger partial charge >= 0.3 is 7.25 Å². The lowest BCUT2D eigenvalue weighted by Crippen LogP contribution is -2.32. The molecule has 0 unspecified atom stereocenters. The van der Waals surface area contributed by atoms with E-state index < -0.39 is 7.25 Å². The number of ether oxygens (including phenoxy) is 1. The van der Waals surface area contributed by atoms with E-state index in [1.54, 1.807) is 0 Å². The normalized spacial score (nSPS) is 19.7. The summed E-state index contributed by atoms with van der Waals surface area (Å²) in [7, 11) is -6.00. The quantitative estimate of drug-likeness (QED) is 0.314. The Morgan fingerprint density at radius 2 is 1.68 bits per heavy atom. The van der Waals surface area contributed by atoms with Crippen LogP contribution in [0.3, 0.4) is 0 Å². The molecular weight excluding hydrogens is 409 g/mol. The van der Waals surface area contributed by atoms with Crippen LogP contribution in [0.4, 0.5) is 17.3 Å². The molecule has 4 nitrogen and oxygen atoms in total. The fourth-order valence-electron chi connectivity index (χ4n) is 4.16. The van der Waals surface area contributed by atoms with Gasteiger partial charge in [-0.2, -0.15) is 0 Å². The van der Waals surface area contributed by atoms with Crippen molar-refractivity contribution in [3.05, 3.63) is 77.4 Å². The highest BCUT2D eigenvalue weighted by Gasteiger charge is 2.43. The number of hydrogen-bond donors (Lipinski definition) is 0. The SMILES string of the molecule is CC(C)(C)c1ccc(-[n+]2cn3c(n2)CO[C@@H]2Cc4ccccc4[C@H]23)cc1.F[B-](F)(F)F. The fourth-order valence-corrected chi connectivity index (χ4v) is 4.16. The molecule has 2 heterocycles. The topological polar surface area (TPSA) is 30.9 Å². The summed E-state index contributed by atoms with van der Waals surface area (Å²) in [5.41, 5.74) is 5.34. The van der Waals surface area contributed by atoms with Crippen LogP contribution in [0.15, 0.2) is 54.9 Å². The third-order valence-corrected chi connectivity index (χ3v) is 5.63. The summed E-state index contributed by atoms with van der Waals surface area (Å²) < 4.78 is 49.4. The maximum Gasteiger partial charge on any atom is 0.673 e. The van der Waals surface area contributed by atoms with Crippen molar-refractivity contribution >= 4 is 7.25 Å². The van der Waals surface area contributed by atoms with Gasteiger partial charge in [0.25, 0.3) is 12.2 Å². The van der Waals surface area contributed by atoms with E-state index in [-0.39, 0.29) is 17.6 Å². The Kier molecular flexibility index (Phi) is 5.41. The van der Waals surface area contributed by atoms with E-state index in [9.17, 15) is 17.3 Å². The third kappa shape index (κ3) is 4.66. The molecule has 0 saturated heterocycles. The van der Waals surface area contributed by atoms with E-state index in [0.29, 0.717) is 6.61 Å². The Morgan fingerprint density at radius 3 is 2.32 bits per heavy atom. The van der Waals surface area contributed by atoms with Crippen LogP contribution >= 0.6 is 0 Å². The van der Waals surface area contributed by atoms with Crippen molar-refractivity contribution in [2.75, 3.05) is 0 Å². The van der Waals surface area contributed by atoms with Gasteiger partial charge < -0.3 is 22.0 Å². The minimum absolute atomic E-state index is 0.158. The van der Waals surface area contributed by atoms with E-state index in [4.69, 9.17) is 9.84 Å². The molecule has 0 radical (unpaired) electrons. The first-order valence-corrected chi connectivity index (χ1v) is 10.2. The van der Waals surface area contributed by atoms with Gasteiger partial charge in [0.15, 0.2) is 11.7 Å². The van der Waals surface area contributed by atoms with Crippen LogP contribution in [-0.4, -0.2) is 23.0 Å². The second kappa shape index (κ2) is 7.78. The van der Waals surface area contributed by atoms with Gasteiger partial charge in [-0.05, 0) is 33.8 Å². The van der Waals surface area contributed by atoms with Gasteiger partial charge in [0.05, 0.1) is 0 Å². The molecule has 1 aliphatic carbocycles. The van der Waals surface area contributed by atoms with E-state index in [1.165, 1.54) is 16.7 Å². The zero-order valence-corrected chi connectivity index (χ0v) is 17.6. The summed E-state index contributed by atoms with van der Waals surface area (Å²) in [5.74, 6) is 0.989. The van der Waals surface area contributed by atoms with Gasteiger partial charge in [0.1, 0.15) is 12.7 Å². The third-order valence-electron chi connectivity index (χ3n) is 5.63. The number of halogens is 4. The van der Waals surface area contributed by atoms with Gasteiger partial charge in [-0.3, -0.25) is 0 Å². The number of aromatic nitrogens is 3. The molecule has 31 heavy (non-hydrogen) atoms. The van der Waals surface area contributed by atoms with Crippen molar-refractivity contribution in [1.29, 1.82) is 0 Å². The predicted octanol–water partition coefficient (Wildman–Crippen LogP) is 4.80. The molecule has 0 spiro atoms. The first-order chi connectivity index (χ1) is 14.5. The first kappa shape index (κ1) is 21.6. The van der Waals surface area contributed by atoms with E-state index in [2.05, 4.69) is 80.2 Å². The number of rotatable bonds is 1. The number of benzene rings is 2. The molecule has 0 saturated carbocycles. The van der Waals surface area contributed by atoms with Crippen molar-refractivity contribution in [3.8, 4) is 5.69 Å². The standard InChI is InChI=1S/C22H24N3O.BF4/c1-22(2,3)16-8-10-17(11-9-16)25-14-24-20(23-25)13-26-19-12-15-6-4-5-7-18(15)21(19)24;2-1(3,4)5/h4-11,14,19,21H,12-13H2,1-3H3;/q+1;-1/t19-,21-;/m1./s1. The molecule has 2 aromatic carbocycles.